The molecule has 3 N–H and O–H groups in total. The molecule has 1 aromatic carbocycles. The van der Waals surface area contributed by atoms with Crippen molar-refractivity contribution in [2.24, 2.45) is 5.73 Å². The number of sulfonamides is 1. The molecule has 0 spiro atoms. The van der Waals surface area contributed by atoms with E-state index in [1.54, 1.807) is 0 Å². The van der Waals surface area contributed by atoms with E-state index in [9.17, 15) is 13.5 Å². The molecule has 1 fully saturated rings. The molecule has 2 rings (SSSR count). The Hall–Kier alpha value is -0.730. The van der Waals surface area contributed by atoms with Crippen LogP contribution < -0.4 is 5.73 Å². The van der Waals surface area contributed by atoms with Gasteiger partial charge in [-0.05, 0) is 24.6 Å². The number of aliphatic hydroxyl groups is 1. The van der Waals surface area contributed by atoms with Gasteiger partial charge in [-0.25, -0.2) is 8.42 Å². The summed E-state index contributed by atoms with van der Waals surface area (Å²) in [6, 6.07) is 4.24. The van der Waals surface area contributed by atoms with Crippen molar-refractivity contribution in [2.75, 3.05) is 13.1 Å². The third-order valence-corrected chi connectivity index (χ3v) is 5.36. The van der Waals surface area contributed by atoms with Gasteiger partial charge in [0.05, 0.1) is 16.0 Å². The SMILES string of the molecule is NC(=S)c1ccc(S(=O)(=O)N2CCC(O)C2)cc1Cl. The van der Waals surface area contributed by atoms with Gasteiger partial charge in [-0.2, -0.15) is 4.31 Å². The van der Waals surface area contributed by atoms with Gasteiger partial charge in [-0.3, -0.25) is 0 Å². The van der Waals surface area contributed by atoms with Crippen LogP contribution in [-0.2, 0) is 10.0 Å². The number of thiocarbonyl (C=S) groups is 1. The Bertz CT molecular complexity index is 618. The van der Waals surface area contributed by atoms with Gasteiger partial charge in [0.2, 0.25) is 10.0 Å². The summed E-state index contributed by atoms with van der Waals surface area (Å²) in [5.41, 5.74) is 5.91. The van der Waals surface area contributed by atoms with Crippen LogP contribution in [0.5, 0.6) is 0 Å². The van der Waals surface area contributed by atoms with E-state index < -0.39 is 16.1 Å². The van der Waals surface area contributed by atoms with E-state index in [-0.39, 0.29) is 21.5 Å². The van der Waals surface area contributed by atoms with Crippen molar-refractivity contribution in [2.45, 2.75) is 17.4 Å². The van der Waals surface area contributed by atoms with Crippen LogP contribution in [0.15, 0.2) is 23.1 Å². The van der Waals surface area contributed by atoms with Crippen LogP contribution in [0.2, 0.25) is 5.02 Å². The van der Waals surface area contributed by atoms with Gasteiger partial charge in [-0.1, -0.05) is 23.8 Å². The summed E-state index contributed by atoms with van der Waals surface area (Å²) >= 11 is 10.8. The standard InChI is InChI=1S/C11H13ClN2O3S2/c12-10-5-8(1-2-9(10)11(13)18)19(16,17)14-4-3-7(15)6-14/h1-2,5,7,15H,3-4,6H2,(H2,13,18). The highest BCUT2D eigenvalue weighted by Crippen LogP contribution is 2.25. The van der Waals surface area contributed by atoms with Crippen molar-refractivity contribution >= 4 is 38.8 Å². The lowest BCUT2D eigenvalue weighted by molar-refractivity contribution is 0.189. The fraction of sp³-hybridized carbons (Fsp3) is 0.364. The third-order valence-electron chi connectivity index (χ3n) is 2.97. The van der Waals surface area contributed by atoms with Crippen molar-refractivity contribution in [3.63, 3.8) is 0 Å². The third kappa shape index (κ3) is 2.90. The first-order chi connectivity index (χ1) is 8.82. The highest BCUT2D eigenvalue weighted by molar-refractivity contribution is 7.89. The van der Waals surface area contributed by atoms with Crippen LogP contribution in [0.4, 0.5) is 0 Å². The normalized spacial score (nSPS) is 20.6. The monoisotopic (exact) mass is 320 g/mol. The number of rotatable bonds is 3. The molecule has 0 radical (unpaired) electrons. The largest absolute Gasteiger partial charge is 0.392 e. The van der Waals surface area contributed by atoms with Crippen molar-refractivity contribution in [1.29, 1.82) is 0 Å². The number of halogens is 1. The molecule has 0 aliphatic carbocycles. The predicted octanol–water partition coefficient (Wildman–Crippen LogP) is 0.729. The highest BCUT2D eigenvalue weighted by Gasteiger charge is 2.31. The van der Waals surface area contributed by atoms with Crippen LogP contribution >= 0.6 is 23.8 Å². The minimum absolute atomic E-state index is 0.0756. The van der Waals surface area contributed by atoms with Crippen molar-refractivity contribution in [1.82, 2.24) is 4.31 Å². The van der Waals surface area contributed by atoms with E-state index in [4.69, 9.17) is 29.6 Å². The predicted molar refractivity (Wildman–Crippen MR) is 76.7 cm³/mol. The number of nitrogens with zero attached hydrogens (tertiary/aromatic N) is 1. The minimum atomic E-state index is -3.63. The molecule has 0 bridgehead atoms. The van der Waals surface area contributed by atoms with Crippen LogP contribution in [0.1, 0.15) is 12.0 Å². The molecule has 0 amide bonds. The second-order valence-electron chi connectivity index (χ2n) is 4.31. The first kappa shape index (κ1) is 14.7. The van der Waals surface area contributed by atoms with Crippen molar-refractivity contribution in [3.8, 4) is 0 Å². The highest BCUT2D eigenvalue weighted by atomic mass is 35.5. The Morgan fingerprint density at radius 3 is 2.68 bits per heavy atom. The number of hydrogen-bond acceptors (Lipinski definition) is 4. The molecule has 19 heavy (non-hydrogen) atoms. The second-order valence-corrected chi connectivity index (χ2v) is 7.10. The van der Waals surface area contributed by atoms with Gasteiger partial charge in [0, 0.05) is 18.7 Å². The van der Waals surface area contributed by atoms with Crippen LogP contribution in [-0.4, -0.2) is 42.0 Å². The van der Waals surface area contributed by atoms with Gasteiger partial charge < -0.3 is 10.8 Å². The molecule has 0 aromatic heterocycles. The first-order valence-electron chi connectivity index (χ1n) is 5.60. The van der Waals surface area contributed by atoms with E-state index in [0.29, 0.717) is 18.5 Å². The maximum absolute atomic E-state index is 12.3. The Kier molecular flexibility index (Phi) is 4.12. The van der Waals surface area contributed by atoms with Crippen LogP contribution in [0.3, 0.4) is 0 Å². The lowest BCUT2D eigenvalue weighted by atomic mass is 10.2. The molecule has 104 valence electrons. The zero-order chi connectivity index (χ0) is 14.2. The fourth-order valence-electron chi connectivity index (χ4n) is 1.93. The Labute approximate surface area is 122 Å². The van der Waals surface area contributed by atoms with Gasteiger partial charge in [0.15, 0.2) is 0 Å². The Morgan fingerprint density at radius 2 is 2.21 bits per heavy atom. The van der Waals surface area contributed by atoms with E-state index in [1.165, 1.54) is 22.5 Å². The summed E-state index contributed by atoms with van der Waals surface area (Å²) in [5, 5.41) is 9.62. The molecule has 1 aliphatic rings. The van der Waals surface area contributed by atoms with Gasteiger partial charge in [0.1, 0.15) is 4.99 Å². The van der Waals surface area contributed by atoms with Crippen LogP contribution in [0.25, 0.3) is 0 Å². The van der Waals surface area contributed by atoms with Crippen molar-refractivity contribution < 1.29 is 13.5 Å². The molecular weight excluding hydrogens is 308 g/mol. The number of β-amino-alcohol motifs (C(OH)–C–C–N with tert-alkyl or cyclic N) is 1. The molecule has 8 heteroatoms. The number of benzene rings is 1. The second kappa shape index (κ2) is 5.34. The average molecular weight is 321 g/mol. The maximum Gasteiger partial charge on any atom is 0.243 e. The lowest BCUT2D eigenvalue weighted by Crippen LogP contribution is -2.29. The summed E-state index contributed by atoms with van der Waals surface area (Å²) in [7, 11) is -3.63. The van der Waals surface area contributed by atoms with E-state index in [1.807, 2.05) is 0 Å². The van der Waals surface area contributed by atoms with Gasteiger partial charge >= 0.3 is 0 Å². The summed E-state index contributed by atoms with van der Waals surface area (Å²) in [6.45, 7) is 0.412. The quantitative estimate of drug-likeness (QED) is 0.802. The first-order valence-corrected chi connectivity index (χ1v) is 7.82. The molecule has 1 saturated heterocycles. The smallest absolute Gasteiger partial charge is 0.243 e. The van der Waals surface area contributed by atoms with Gasteiger partial charge in [0.25, 0.3) is 0 Å². The molecule has 1 unspecified atom stereocenters. The summed E-state index contributed by atoms with van der Waals surface area (Å²) < 4.78 is 25.9. The molecule has 1 heterocycles. The molecular formula is C11H13ClN2O3S2. The summed E-state index contributed by atoms with van der Waals surface area (Å²) in [5.74, 6) is 0. The number of hydrogen-bond donors (Lipinski definition) is 2. The maximum atomic E-state index is 12.3. The summed E-state index contributed by atoms with van der Waals surface area (Å²) in [4.78, 5) is 0.192. The lowest BCUT2D eigenvalue weighted by Gasteiger charge is -2.16. The molecule has 1 atom stereocenters. The molecule has 0 saturated carbocycles. The topological polar surface area (TPSA) is 83.6 Å². The molecule has 1 aromatic rings. The minimum Gasteiger partial charge on any atom is -0.392 e. The number of nitrogens with two attached hydrogens (primary N) is 1. The van der Waals surface area contributed by atoms with Crippen molar-refractivity contribution in [3.05, 3.63) is 28.8 Å². The Morgan fingerprint density at radius 1 is 1.53 bits per heavy atom. The zero-order valence-corrected chi connectivity index (χ0v) is 12.3. The van der Waals surface area contributed by atoms with E-state index >= 15 is 0 Å². The van der Waals surface area contributed by atoms with E-state index in [0.717, 1.165) is 0 Å². The fourth-order valence-corrected chi connectivity index (χ4v) is 4.03. The zero-order valence-electron chi connectivity index (χ0n) is 9.91. The average Bonchev–Trinajstić information content (AvgIpc) is 2.76. The summed E-state index contributed by atoms with van der Waals surface area (Å²) in [6.07, 6.45) is -0.168. The van der Waals surface area contributed by atoms with Crippen LogP contribution in [0, 0.1) is 0 Å². The molecule has 5 nitrogen and oxygen atoms in total. The van der Waals surface area contributed by atoms with E-state index in [2.05, 4.69) is 0 Å². The number of aliphatic hydroxyl groups excluding tert-OH is 1. The Balaban J connectivity index is 2.36. The molecule has 1 aliphatic heterocycles. The van der Waals surface area contributed by atoms with Gasteiger partial charge in [-0.15, -0.1) is 0 Å².